The molecule has 8 heavy (non-hydrogen) atoms. The van der Waals surface area contributed by atoms with E-state index in [1.807, 2.05) is 0 Å². The van der Waals surface area contributed by atoms with Crippen molar-refractivity contribution in [2.75, 3.05) is 0 Å². The molecule has 0 aromatic carbocycles. The Balaban J connectivity index is 0. The van der Waals surface area contributed by atoms with Gasteiger partial charge in [-0.3, -0.25) is 0 Å². The van der Waals surface area contributed by atoms with Gasteiger partial charge in [-0.25, -0.2) is 0 Å². The average Bonchev–Trinajstić information content (AvgIpc) is 1.27. The molecule has 0 aliphatic carbocycles. The zero-order chi connectivity index (χ0) is 7.21. The predicted octanol–water partition coefficient (Wildman–Crippen LogP) is 3.72. The van der Waals surface area contributed by atoms with E-state index in [0.717, 1.165) is 0 Å². The van der Waals surface area contributed by atoms with Crippen molar-refractivity contribution in [2.24, 2.45) is 0 Å². The Morgan fingerprint density at radius 3 is 1.00 bits per heavy atom. The van der Waals surface area contributed by atoms with Crippen molar-refractivity contribution in [1.29, 1.82) is 0 Å². The second kappa shape index (κ2) is 7.41. The van der Waals surface area contributed by atoms with Gasteiger partial charge in [0.15, 0.2) is 0 Å². The third kappa shape index (κ3) is 83.6. The number of halogens is 2. The molecule has 0 nitrogen and oxygen atoms in total. The Hall–Kier alpha value is 2.30. The monoisotopic (exact) mass is 406 g/mol. The first kappa shape index (κ1) is 12.9. The van der Waals surface area contributed by atoms with Gasteiger partial charge in [0.1, 0.15) is 0 Å². The van der Waals surface area contributed by atoms with Crippen molar-refractivity contribution in [3.8, 4) is 0 Å². The summed E-state index contributed by atoms with van der Waals surface area (Å²) in [6, 6.07) is 0. The Morgan fingerprint density at radius 2 is 1.00 bits per heavy atom. The van der Waals surface area contributed by atoms with E-state index in [9.17, 15) is 0 Å². The van der Waals surface area contributed by atoms with Gasteiger partial charge in [0.05, 0.1) is 0 Å². The molecule has 0 aliphatic heterocycles. The molecule has 0 N–H and O–H groups in total. The van der Waals surface area contributed by atoms with E-state index in [2.05, 4.69) is 65.7 Å². The van der Waals surface area contributed by atoms with Gasteiger partial charge in [0.25, 0.3) is 0 Å². The molecule has 0 rings (SSSR count). The summed E-state index contributed by atoms with van der Waals surface area (Å²) in [6.45, 7) is 9.31. The topological polar surface area (TPSA) is 0 Å². The van der Waals surface area contributed by atoms with Crippen LogP contribution in [0.4, 0.5) is 0 Å². The van der Waals surface area contributed by atoms with E-state index in [4.69, 9.17) is 0 Å². The number of hydrogen-bond donors (Lipinski definition) is 0. The molecule has 0 fully saturated rings. The van der Waals surface area contributed by atoms with Crippen molar-refractivity contribution in [3.63, 3.8) is 0 Å². The SMILES string of the molecule is C[Si](C)(C)C.[I][Zn][I]. The fraction of sp³-hybridized carbons (Fsp3) is 1.00. The van der Waals surface area contributed by atoms with Crippen LogP contribution in [0.3, 0.4) is 0 Å². The Labute approximate surface area is 82.6 Å². The molecular formula is C4H12I2SiZn. The third-order valence-corrected chi connectivity index (χ3v) is 0. The summed E-state index contributed by atoms with van der Waals surface area (Å²) in [6.07, 6.45) is 0. The van der Waals surface area contributed by atoms with Gasteiger partial charge in [-0.05, 0) is 0 Å². The first-order chi connectivity index (χ1) is 3.41. The van der Waals surface area contributed by atoms with Crippen LogP contribution in [0, 0.1) is 0 Å². The fourth-order valence-electron chi connectivity index (χ4n) is 0. The van der Waals surface area contributed by atoms with Gasteiger partial charge >= 0.3 is 49.6 Å². The molecule has 0 radical (unpaired) electrons. The summed E-state index contributed by atoms with van der Waals surface area (Å²) >= 11 is 4.93. The molecule has 0 saturated carbocycles. The summed E-state index contributed by atoms with van der Waals surface area (Å²) in [5, 5.41) is 0. The normalized spacial score (nSPS) is 8.75. The predicted molar refractivity (Wildman–Crippen MR) is 57.3 cm³/mol. The maximum absolute atomic E-state index is 2.46. The van der Waals surface area contributed by atoms with Gasteiger partial charge < -0.3 is 0 Å². The van der Waals surface area contributed by atoms with Crippen LogP contribution in [-0.4, -0.2) is 8.07 Å². The second-order valence-corrected chi connectivity index (χ2v) is 32.6. The molecule has 0 unspecified atom stereocenters. The molecule has 0 saturated heterocycles. The molecule has 0 aromatic heterocycles. The molecule has 0 aliphatic rings. The Morgan fingerprint density at radius 1 is 1.00 bits per heavy atom. The van der Waals surface area contributed by atoms with E-state index in [0.29, 0.717) is 0 Å². The van der Waals surface area contributed by atoms with Crippen LogP contribution in [0.5, 0.6) is 0 Å². The minimum absolute atomic E-state index is 0.0650. The first-order valence-electron chi connectivity index (χ1n) is 2.53. The van der Waals surface area contributed by atoms with E-state index in [-0.39, 0.29) is 10.1 Å². The molecular weight excluding hydrogens is 395 g/mol. The van der Waals surface area contributed by atoms with Crippen LogP contribution < -0.4 is 0 Å². The summed E-state index contributed by atoms with van der Waals surface area (Å²) in [5.41, 5.74) is 0. The zero-order valence-electron chi connectivity index (χ0n) is 5.96. The van der Waals surface area contributed by atoms with Gasteiger partial charge in [0, 0.05) is 8.07 Å². The first-order valence-corrected chi connectivity index (χ1v) is 24.6. The van der Waals surface area contributed by atoms with Crippen molar-refractivity contribution in [3.05, 3.63) is 0 Å². The summed E-state index contributed by atoms with van der Waals surface area (Å²) < 4.78 is 0. The number of hydrogen-bond acceptors (Lipinski definition) is 0. The summed E-state index contributed by atoms with van der Waals surface area (Å²) in [5.74, 6) is 0. The van der Waals surface area contributed by atoms with Crippen molar-refractivity contribution >= 4 is 47.6 Å². The van der Waals surface area contributed by atoms with E-state index in [1.54, 1.807) is 0 Å². The summed E-state index contributed by atoms with van der Waals surface area (Å²) in [7, 11) is -0.546. The molecule has 0 spiro atoms. The van der Waals surface area contributed by atoms with Crippen LogP contribution in [-0.2, 0) is 10.1 Å². The van der Waals surface area contributed by atoms with Crippen LogP contribution in [0.2, 0.25) is 26.2 Å². The quantitative estimate of drug-likeness (QED) is 0.424. The standard InChI is InChI=1S/C4H12Si.2HI.Zn/c1-5(2,3)4;;;/h1-4H3;2*1H;/q;;;+2/p-2. The molecule has 0 atom stereocenters. The molecule has 0 heterocycles. The van der Waals surface area contributed by atoms with Crippen molar-refractivity contribution < 1.29 is 10.1 Å². The summed E-state index contributed by atoms with van der Waals surface area (Å²) in [4.78, 5) is 0. The minimum atomic E-state index is -0.611. The number of rotatable bonds is 0. The van der Waals surface area contributed by atoms with Crippen LogP contribution in [0.1, 0.15) is 0 Å². The van der Waals surface area contributed by atoms with Gasteiger partial charge in [-0.2, -0.15) is 0 Å². The Bertz CT molecular complexity index is 37.8. The van der Waals surface area contributed by atoms with Crippen LogP contribution >= 0.6 is 39.5 Å². The second-order valence-electron chi connectivity index (χ2n) is 3.10. The van der Waals surface area contributed by atoms with E-state index >= 15 is 0 Å². The van der Waals surface area contributed by atoms with Crippen molar-refractivity contribution in [1.82, 2.24) is 0 Å². The maximum atomic E-state index is 2.46. The molecule has 0 amide bonds. The zero-order valence-corrected chi connectivity index (χ0v) is 14.2. The Kier molecular flexibility index (Phi) is 12.0. The average molecular weight is 407 g/mol. The van der Waals surface area contributed by atoms with Gasteiger partial charge in [-0.1, -0.05) is 26.2 Å². The van der Waals surface area contributed by atoms with E-state index < -0.39 is 8.07 Å². The molecule has 0 aromatic rings. The van der Waals surface area contributed by atoms with Gasteiger partial charge in [-0.15, -0.1) is 0 Å². The molecule has 48 valence electrons. The van der Waals surface area contributed by atoms with Crippen molar-refractivity contribution in [2.45, 2.75) is 26.2 Å². The fourth-order valence-corrected chi connectivity index (χ4v) is 0. The molecule has 0 bridgehead atoms. The van der Waals surface area contributed by atoms with E-state index in [1.165, 1.54) is 0 Å². The molecule has 4 heteroatoms. The van der Waals surface area contributed by atoms with Crippen LogP contribution in [0.15, 0.2) is 0 Å². The van der Waals surface area contributed by atoms with Crippen LogP contribution in [0.25, 0.3) is 0 Å². The van der Waals surface area contributed by atoms with Gasteiger partial charge in [0.2, 0.25) is 0 Å². The third-order valence-electron chi connectivity index (χ3n) is 0.